The quantitative estimate of drug-likeness (QED) is 0.216. The van der Waals surface area contributed by atoms with Crippen molar-refractivity contribution < 1.29 is 4.74 Å². The Morgan fingerprint density at radius 1 is 1.03 bits per heavy atom. The number of ether oxygens (including phenoxy) is 1. The second-order valence-corrected chi connectivity index (χ2v) is 9.52. The van der Waals surface area contributed by atoms with Crippen LogP contribution in [0.15, 0.2) is 57.5 Å². The monoisotopic (exact) mass is 508 g/mol. The van der Waals surface area contributed by atoms with Crippen molar-refractivity contribution in [1.82, 2.24) is 29.1 Å². The van der Waals surface area contributed by atoms with Gasteiger partial charge in [-0.1, -0.05) is 11.8 Å². The summed E-state index contributed by atoms with van der Waals surface area (Å²) in [5.41, 5.74) is 1.08. The Morgan fingerprint density at radius 3 is 2.42 bits per heavy atom. The van der Waals surface area contributed by atoms with Crippen molar-refractivity contribution in [2.24, 2.45) is 7.05 Å². The summed E-state index contributed by atoms with van der Waals surface area (Å²) in [5.74, 6) is 2.34. The molecule has 0 bridgehead atoms. The van der Waals surface area contributed by atoms with Crippen molar-refractivity contribution in [3.8, 4) is 5.75 Å². The molecular formula is C24H28N8O3S. The zero-order chi connectivity index (χ0) is 25.1. The van der Waals surface area contributed by atoms with Gasteiger partial charge in [-0.25, -0.2) is 14.8 Å². The number of H-pyrrole nitrogens is 1. The van der Waals surface area contributed by atoms with Gasteiger partial charge in [-0.15, -0.1) is 0 Å². The maximum atomic E-state index is 12.8. The molecule has 36 heavy (non-hydrogen) atoms. The van der Waals surface area contributed by atoms with Gasteiger partial charge >= 0.3 is 5.69 Å². The molecule has 1 fully saturated rings. The van der Waals surface area contributed by atoms with Crippen molar-refractivity contribution >= 4 is 34.6 Å². The van der Waals surface area contributed by atoms with E-state index >= 15 is 0 Å². The molecule has 0 unspecified atom stereocenters. The van der Waals surface area contributed by atoms with E-state index in [9.17, 15) is 9.59 Å². The van der Waals surface area contributed by atoms with Crippen molar-refractivity contribution in [3.63, 3.8) is 0 Å². The fourth-order valence-electron chi connectivity index (χ4n) is 4.38. The van der Waals surface area contributed by atoms with Gasteiger partial charge in [0.2, 0.25) is 5.95 Å². The number of piperazine rings is 1. The number of aromatic nitrogens is 6. The van der Waals surface area contributed by atoms with Crippen LogP contribution in [0.5, 0.6) is 5.75 Å². The lowest BCUT2D eigenvalue weighted by molar-refractivity contribution is 0.415. The average Bonchev–Trinajstić information content (AvgIpc) is 3.31. The Labute approximate surface area is 211 Å². The van der Waals surface area contributed by atoms with Gasteiger partial charge in [0.25, 0.3) is 5.56 Å². The molecule has 1 aliphatic heterocycles. The number of aryl methyl sites for hydroxylation is 2. The van der Waals surface area contributed by atoms with Gasteiger partial charge in [0.05, 0.1) is 7.11 Å². The highest BCUT2D eigenvalue weighted by atomic mass is 32.2. The predicted molar refractivity (Wildman–Crippen MR) is 140 cm³/mol. The van der Waals surface area contributed by atoms with Gasteiger partial charge < -0.3 is 19.1 Å². The first-order chi connectivity index (χ1) is 17.5. The molecule has 1 aromatic carbocycles. The Kier molecular flexibility index (Phi) is 6.94. The van der Waals surface area contributed by atoms with E-state index in [0.717, 1.165) is 54.9 Å². The summed E-state index contributed by atoms with van der Waals surface area (Å²) in [6, 6.07) is 9.85. The molecule has 1 aliphatic rings. The van der Waals surface area contributed by atoms with Crippen LogP contribution >= 0.6 is 11.8 Å². The highest BCUT2D eigenvalue weighted by molar-refractivity contribution is 7.99. The van der Waals surface area contributed by atoms with Crippen LogP contribution in [-0.2, 0) is 13.6 Å². The van der Waals surface area contributed by atoms with Gasteiger partial charge in [-0.2, -0.15) is 4.98 Å². The number of benzene rings is 1. The van der Waals surface area contributed by atoms with E-state index in [1.807, 2.05) is 16.7 Å². The number of fused-ring (bicyclic) bond motifs is 1. The fraction of sp³-hybridized carbons (Fsp3) is 0.375. The zero-order valence-electron chi connectivity index (χ0n) is 20.3. The summed E-state index contributed by atoms with van der Waals surface area (Å²) in [5, 5.41) is 0.725. The first kappa shape index (κ1) is 23.9. The lowest BCUT2D eigenvalue weighted by atomic mass is 10.2. The maximum absolute atomic E-state index is 12.8. The lowest BCUT2D eigenvalue weighted by Crippen LogP contribution is -2.47. The van der Waals surface area contributed by atoms with E-state index in [2.05, 4.69) is 36.9 Å². The van der Waals surface area contributed by atoms with Crippen LogP contribution in [0.1, 0.15) is 6.42 Å². The number of hydrogen-bond donors (Lipinski definition) is 1. The molecule has 0 spiro atoms. The number of methoxy groups -OCH3 is 1. The Balaban J connectivity index is 1.37. The van der Waals surface area contributed by atoms with Gasteiger partial charge in [-0.3, -0.25) is 14.3 Å². The topological polar surface area (TPSA) is 114 Å². The Morgan fingerprint density at radius 2 is 1.72 bits per heavy atom. The molecule has 0 amide bonds. The van der Waals surface area contributed by atoms with E-state index in [1.54, 1.807) is 44.4 Å². The number of rotatable bonds is 8. The SMILES string of the molecule is COc1ccc(N2CCN(c3nc4c(c(=O)[nH]c(=O)n4C)n3CCCSc3ncccn3)CC2)cc1. The molecule has 0 radical (unpaired) electrons. The molecule has 0 saturated carbocycles. The molecule has 0 aliphatic carbocycles. The van der Waals surface area contributed by atoms with Gasteiger partial charge in [0.1, 0.15) is 5.75 Å². The predicted octanol–water partition coefficient (Wildman–Crippen LogP) is 1.73. The number of nitrogens with one attached hydrogen (secondary N) is 1. The summed E-state index contributed by atoms with van der Waals surface area (Å²) in [6.45, 7) is 3.70. The second-order valence-electron chi connectivity index (χ2n) is 8.46. The molecule has 5 rings (SSSR count). The molecule has 4 aromatic rings. The third-order valence-corrected chi connectivity index (χ3v) is 7.25. The maximum Gasteiger partial charge on any atom is 0.329 e. The van der Waals surface area contributed by atoms with Crippen LogP contribution in [0.4, 0.5) is 11.6 Å². The first-order valence-electron chi connectivity index (χ1n) is 11.8. The lowest BCUT2D eigenvalue weighted by Gasteiger charge is -2.36. The third-order valence-electron chi connectivity index (χ3n) is 6.29. The average molecular weight is 509 g/mol. The minimum Gasteiger partial charge on any atom is -0.497 e. The standard InChI is InChI=1S/C24H28N8O3S/c1-29-20-19(21(33)28-24(29)34)32(11-4-16-36-22-25-9-3-10-26-22)23(27-20)31-14-12-30(13-15-31)17-5-7-18(35-2)8-6-17/h3,5-10H,4,11-16H2,1-2H3,(H,28,33,34). The van der Waals surface area contributed by atoms with Gasteiger partial charge in [0.15, 0.2) is 16.3 Å². The Hall–Kier alpha value is -3.80. The van der Waals surface area contributed by atoms with E-state index < -0.39 is 11.2 Å². The summed E-state index contributed by atoms with van der Waals surface area (Å²) in [4.78, 5) is 45.3. The highest BCUT2D eigenvalue weighted by Gasteiger charge is 2.25. The second kappa shape index (κ2) is 10.4. The van der Waals surface area contributed by atoms with Crippen LogP contribution in [0.3, 0.4) is 0 Å². The van der Waals surface area contributed by atoms with Gasteiger partial charge in [-0.05, 0) is 36.8 Å². The number of imidazole rings is 1. The number of thioether (sulfide) groups is 1. The van der Waals surface area contributed by atoms with E-state index in [-0.39, 0.29) is 0 Å². The van der Waals surface area contributed by atoms with Crippen LogP contribution in [0, 0.1) is 0 Å². The summed E-state index contributed by atoms with van der Waals surface area (Å²) in [7, 11) is 3.29. The first-order valence-corrected chi connectivity index (χ1v) is 12.8. The normalized spacial score (nSPS) is 13.9. The molecule has 4 heterocycles. The van der Waals surface area contributed by atoms with E-state index in [1.165, 1.54) is 4.57 Å². The number of aromatic amines is 1. The number of hydrogen-bond acceptors (Lipinski definition) is 9. The zero-order valence-corrected chi connectivity index (χ0v) is 21.1. The molecule has 3 aromatic heterocycles. The van der Waals surface area contributed by atoms with Crippen molar-refractivity contribution in [1.29, 1.82) is 0 Å². The molecule has 1 N–H and O–H groups in total. The minimum absolute atomic E-state index is 0.398. The van der Waals surface area contributed by atoms with Crippen LogP contribution in [-0.4, -0.2) is 68.1 Å². The largest absolute Gasteiger partial charge is 0.497 e. The summed E-state index contributed by atoms with van der Waals surface area (Å²) >= 11 is 1.57. The molecule has 11 nitrogen and oxygen atoms in total. The van der Waals surface area contributed by atoms with Gasteiger partial charge in [0, 0.05) is 63.6 Å². The van der Waals surface area contributed by atoms with Crippen molar-refractivity contribution in [2.75, 3.05) is 48.8 Å². The Bertz CT molecular complexity index is 1440. The van der Waals surface area contributed by atoms with Crippen LogP contribution < -0.4 is 25.8 Å². The van der Waals surface area contributed by atoms with Crippen molar-refractivity contribution in [3.05, 3.63) is 63.6 Å². The van der Waals surface area contributed by atoms with E-state index in [4.69, 9.17) is 9.72 Å². The molecule has 12 heteroatoms. The molecule has 1 saturated heterocycles. The molecular weight excluding hydrogens is 480 g/mol. The van der Waals surface area contributed by atoms with Crippen LogP contribution in [0.2, 0.25) is 0 Å². The number of anilines is 2. The van der Waals surface area contributed by atoms with Crippen molar-refractivity contribution in [2.45, 2.75) is 18.1 Å². The summed E-state index contributed by atoms with van der Waals surface area (Å²) in [6.07, 6.45) is 4.24. The molecule has 188 valence electrons. The fourth-order valence-corrected chi connectivity index (χ4v) is 5.11. The number of nitrogens with zero attached hydrogens (tertiary/aromatic N) is 7. The highest BCUT2D eigenvalue weighted by Crippen LogP contribution is 2.25. The van der Waals surface area contributed by atoms with E-state index in [0.29, 0.717) is 23.7 Å². The summed E-state index contributed by atoms with van der Waals surface area (Å²) < 4.78 is 8.62. The smallest absolute Gasteiger partial charge is 0.329 e. The third kappa shape index (κ3) is 4.81. The molecule has 0 atom stereocenters. The minimum atomic E-state index is -0.468. The van der Waals surface area contributed by atoms with Crippen LogP contribution in [0.25, 0.3) is 11.2 Å².